The summed E-state index contributed by atoms with van der Waals surface area (Å²) >= 11 is 6.40. The van der Waals surface area contributed by atoms with Gasteiger partial charge >= 0.3 is 0 Å². The van der Waals surface area contributed by atoms with Gasteiger partial charge < -0.3 is 15.1 Å². The summed E-state index contributed by atoms with van der Waals surface area (Å²) in [7, 11) is 0. The number of anilines is 2. The molecule has 8 nitrogen and oxygen atoms in total. The first-order valence-corrected chi connectivity index (χ1v) is 17.4. The molecule has 1 aliphatic carbocycles. The van der Waals surface area contributed by atoms with Gasteiger partial charge in [0, 0.05) is 84.0 Å². The van der Waals surface area contributed by atoms with E-state index in [-0.39, 0.29) is 11.7 Å². The van der Waals surface area contributed by atoms with Gasteiger partial charge in [0.25, 0.3) is 5.91 Å². The molecule has 4 aliphatic rings. The van der Waals surface area contributed by atoms with Crippen LogP contribution in [0, 0.1) is 17.7 Å². The number of aliphatic imine (C=N–C) groups is 1. The van der Waals surface area contributed by atoms with Crippen molar-refractivity contribution in [2.75, 3.05) is 57.7 Å². The van der Waals surface area contributed by atoms with Crippen LogP contribution in [0.2, 0.25) is 5.02 Å². The number of nitrogens with one attached hydrogen (secondary N) is 1. The number of rotatable bonds is 7. The minimum absolute atomic E-state index is 0.0650. The zero-order valence-electron chi connectivity index (χ0n) is 26.9. The highest BCUT2D eigenvalue weighted by Gasteiger charge is 2.38. The molecule has 10 heteroatoms. The van der Waals surface area contributed by atoms with E-state index in [0.717, 1.165) is 67.9 Å². The molecule has 1 saturated carbocycles. The van der Waals surface area contributed by atoms with E-state index < -0.39 is 0 Å². The maximum atomic E-state index is 14.9. The van der Waals surface area contributed by atoms with Gasteiger partial charge in [0.2, 0.25) is 5.95 Å². The number of hydrogen-bond acceptors (Lipinski definition) is 7. The number of benzene rings is 3. The highest BCUT2D eigenvalue weighted by molar-refractivity contribution is 6.31. The number of carbonyl (C=O) groups is 1. The first-order valence-electron chi connectivity index (χ1n) is 17.0. The third-order valence-corrected chi connectivity index (χ3v) is 10.6. The zero-order valence-corrected chi connectivity index (χ0v) is 27.7. The maximum Gasteiger partial charge on any atom is 0.253 e. The lowest BCUT2D eigenvalue weighted by atomic mass is 9.95. The van der Waals surface area contributed by atoms with Gasteiger partial charge in [-0.15, -0.1) is 0 Å². The minimum Gasteiger partial charge on any atom is -0.336 e. The van der Waals surface area contributed by atoms with Crippen LogP contribution >= 0.6 is 11.6 Å². The first kappa shape index (κ1) is 31.1. The molecule has 0 spiro atoms. The molecule has 1 amide bonds. The van der Waals surface area contributed by atoms with Crippen LogP contribution in [-0.4, -0.2) is 88.6 Å². The average molecular weight is 664 g/mol. The van der Waals surface area contributed by atoms with E-state index in [0.29, 0.717) is 45.6 Å². The van der Waals surface area contributed by atoms with Crippen molar-refractivity contribution in [3.05, 3.63) is 106 Å². The topological polar surface area (TPSA) is 77.0 Å². The van der Waals surface area contributed by atoms with E-state index >= 15 is 0 Å². The van der Waals surface area contributed by atoms with Crippen molar-refractivity contribution < 1.29 is 9.18 Å². The second-order valence-corrected chi connectivity index (χ2v) is 13.8. The molecule has 0 radical (unpaired) electrons. The van der Waals surface area contributed by atoms with Crippen molar-refractivity contribution in [2.45, 2.75) is 25.8 Å². The lowest BCUT2D eigenvalue weighted by Gasteiger charge is -2.36. The van der Waals surface area contributed by atoms with Gasteiger partial charge in [-0.1, -0.05) is 29.8 Å². The molecule has 4 heterocycles. The second kappa shape index (κ2) is 13.4. The summed E-state index contributed by atoms with van der Waals surface area (Å²) in [6, 6.07) is 19.6. The predicted molar refractivity (Wildman–Crippen MR) is 188 cm³/mol. The smallest absolute Gasteiger partial charge is 0.253 e. The van der Waals surface area contributed by atoms with Gasteiger partial charge in [-0.2, -0.15) is 0 Å². The Hall–Kier alpha value is -4.18. The molecule has 3 aromatic carbocycles. The number of carbonyl (C=O) groups excluding carboxylic acids is 1. The van der Waals surface area contributed by atoms with Crippen molar-refractivity contribution in [1.29, 1.82) is 0 Å². The van der Waals surface area contributed by atoms with Crippen molar-refractivity contribution in [2.24, 2.45) is 16.8 Å². The molecule has 1 aromatic heterocycles. The molecule has 4 aromatic rings. The lowest BCUT2D eigenvalue weighted by molar-refractivity contribution is 0.0623. The Bertz CT molecular complexity index is 1840. The Balaban J connectivity index is 0.907. The van der Waals surface area contributed by atoms with Crippen molar-refractivity contribution >= 4 is 34.9 Å². The van der Waals surface area contributed by atoms with Crippen LogP contribution in [0.25, 0.3) is 11.3 Å². The molecular formula is C38H39ClFN7O. The predicted octanol–water partition coefficient (Wildman–Crippen LogP) is 6.52. The van der Waals surface area contributed by atoms with Crippen molar-refractivity contribution in [3.8, 4) is 11.3 Å². The third-order valence-electron chi connectivity index (χ3n) is 10.4. The Morgan fingerprint density at radius 2 is 1.58 bits per heavy atom. The first-order chi connectivity index (χ1) is 23.5. The van der Waals surface area contributed by atoms with Gasteiger partial charge in [-0.05, 0) is 92.7 Å². The zero-order chi connectivity index (χ0) is 32.6. The highest BCUT2D eigenvalue weighted by atomic mass is 35.5. The van der Waals surface area contributed by atoms with E-state index in [4.69, 9.17) is 21.6 Å². The highest BCUT2D eigenvalue weighted by Crippen LogP contribution is 2.45. The molecule has 246 valence electrons. The average Bonchev–Trinajstić information content (AvgIpc) is 3.91. The summed E-state index contributed by atoms with van der Waals surface area (Å²) in [5.41, 5.74) is 5.45. The SMILES string of the molecule is O=C(c1ccc(Nc2ncc3c(n2)-c2ccc(Cl)cc2C(c2ccccc2F)=NC3)cc1)N1CCN(CCN2CCC3C[C@@H]3CC2)CC1. The molecule has 3 fully saturated rings. The number of aromatic nitrogens is 2. The molecule has 2 atom stereocenters. The Morgan fingerprint density at radius 1 is 0.854 bits per heavy atom. The number of amides is 1. The van der Waals surface area contributed by atoms with Gasteiger partial charge in [0.1, 0.15) is 5.82 Å². The fraction of sp³-hybridized carbons (Fsp3) is 0.368. The molecule has 2 saturated heterocycles. The number of nitrogens with zero attached hydrogens (tertiary/aromatic N) is 6. The van der Waals surface area contributed by atoms with Crippen LogP contribution in [0.4, 0.5) is 16.0 Å². The Kier molecular flexibility index (Phi) is 8.67. The number of halogens is 2. The fourth-order valence-electron chi connectivity index (χ4n) is 7.38. The number of hydrogen-bond donors (Lipinski definition) is 1. The number of piperazine rings is 1. The van der Waals surface area contributed by atoms with Gasteiger partial charge in [0.05, 0.1) is 18.0 Å². The summed E-state index contributed by atoms with van der Waals surface area (Å²) < 4.78 is 14.9. The Morgan fingerprint density at radius 3 is 2.33 bits per heavy atom. The molecule has 8 rings (SSSR count). The van der Waals surface area contributed by atoms with Gasteiger partial charge in [0.15, 0.2) is 0 Å². The number of fused-ring (bicyclic) bond motifs is 4. The van der Waals surface area contributed by atoms with Gasteiger partial charge in [-0.3, -0.25) is 14.7 Å². The van der Waals surface area contributed by atoms with Crippen LogP contribution in [-0.2, 0) is 6.54 Å². The van der Waals surface area contributed by atoms with Crippen LogP contribution in [0.15, 0.2) is 77.9 Å². The summed E-state index contributed by atoms with van der Waals surface area (Å²) in [5, 5.41) is 3.82. The monoisotopic (exact) mass is 663 g/mol. The standard InChI is InChI=1S/C38H39ClFN7O/c39-29-7-10-31-33(22-29)36(32-3-1-2-4-34(32)40)41-23-28-24-42-38(44-35(28)31)43-30-8-5-25(6-9-30)37(48)47-19-17-46(18-20-47)16-15-45-13-11-26-21-27(26)12-14-45/h1-10,22,24,26-27H,11-21,23H2,(H,42,43,44)/t26-,27?/m0/s1. The van der Waals surface area contributed by atoms with E-state index in [1.165, 1.54) is 38.4 Å². The fourth-order valence-corrected chi connectivity index (χ4v) is 7.55. The summed E-state index contributed by atoms with van der Waals surface area (Å²) in [5.74, 6) is 2.15. The minimum atomic E-state index is -0.347. The van der Waals surface area contributed by atoms with E-state index in [1.807, 2.05) is 35.2 Å². The normalized spacial score (nSPS) is 20.9. The quantitative estimate of drug-likeness (QED) is 0.243. The van der Waals surface area contributed by atoms with Crippen LogP contribution in [0.3, 0.4) is 0 Å². The van der Waals surface area contributed by atoms with E-state index in [9.17, 15) is 9.18 Å². The van der Waals surface area contributed by atoms with E-state index in [2.05, 4.69) is 20.1 Å². The lowest BCUT2D eigenvalue weighted by Crippen LogP contribution is -2.50. The van der Waals surface area contributed by atoms with E-state index in [1.54, 1.807) is 36.5 Å². The largest absolute Gasteiger partial charge is 0.336 e. The summed E-state index contributed by atoms with van der Waals surface area (Å²) in [4.78, 5) is 34.7. The third kappa shape index (κ3) is 6.59. The molecule has 48 heavy (non-hydrogen) atoms. The Labute approximate surface area is 285 Å². The summed E-state index contributed by atoms with van der Waals surface area (Å²) in [6.45, 7) is 8.36. The molecule has 1 unspecified atom stereocenters. The van der Waals surface area contributed by atoms with Crippen LogP contribution < -0.4 is 5.32 Å². The molecule has 0 bridgehead atoms. The molecular weight excluding hydrogens is 625 g/mol. The number of likely N-dealkylation sites (tertiary alicyclic amines) is 1. The summed E-state index contributed by atoms with van der Waals surface area (Å²) in [6.07, 6.45) is 5.97. The molecule has 1 N–H and O–H groups in total. The van der Waals surface area contributed by atoms with Gasteiger partial charge in [-0.25, -0.2) is 14.4 Å². The van der Waals surface area contributed by atoms with Crippen LogP contribution in [0.1, 0.15) is 46.3 Å². The van der Waals surface area contributed by atoms with Crippen molar-refractivity contribution in [3.63, 3.8) is 0 Å². The molecule has 3 aliphatic heterocycles. The van der Waals surface area contributed by atoms with Crippen molar-refractivity contribution in [1.82, 2.24) is 24.7 Å². The van der Waals surface area contributed by atoms with Crippen LogP contribution in [0.5, 0.6) is 0 Å². The second-order valence-electron chi connectivity index (χ2n) is 13.4. The maximum absolute atomic E-state index is 14.9.